The minimum Gasteiger partial charge on any atom is -0.469 e. The first kappa shape index (κ1) is 17.0. The predicted octanol–water partition coefficient (Wildman–Crippen LogP) is 2.41. The van der Waals surface area contributed by atoms with Crippen LogP contribution in [0.1, 0.15) is 17.4 Å². The van der Waals surface area contributed by atoms with Gasteiger partial charge in [0, 0.05) is 19.8 Å². The van der Waals surface area contributed by atoms with Crippen LogP contribution in [-0.2, 0) is 9.53 Å². The van der Waals surface area contributed by atoms with Crippen LogP contribution in [0.15, 0.2) is 36.5 Å². The van der Waals surface area contributed by atoms with Crippen LogP contribution in [0.2, 0.25) is 5.02 Å². The predicted molar refractivity (Wildman–Crippen MR) is 86.7 cm³/mol. The number of nitrogens with zero attached hydrogens (tertiary/aromatic N) is 3. The number of amides is 1. The molecule has 2 rings (SSSR count). The molecule has 0 bridgehead atoms. The third kappa shape index (κ3) is 3.90. The maximum absolute atomic E-state index is 12.4. The number of para-hydroxylation sites is 1. The lowest BCUT2D eigenvalue weighted by Gasteiger charge is -2.19. The van der Waals surface area contributed by atoms with Crippen LogP contribution in [0.3, 0.4) is 0 Å². The summed E-state index contributed by atoms with van der Waals surface area (Å²) in [6, 6.07) is 8.85. The number of methoxy groups -OCH3 is 1. The maximum atomic E-state index is 12.4. The van der Waals surface area contributed by atoms with E-state index in [1.54, 1.807) is 37.0 Å². The molecule has 6 nitrogen and oxygen atoms in total. The highest BCUT2D eigenvalue weighted by Crippen LogP contribution is 2.19. The first-order chi connectivity index (χ1) is 10.9. The fourth-order valence-corrected chi connectivity index (χ4v) is 2.40. The number of esters is 1. The Bertz CT molecular complexity index is 714. The van der Waals surface area contributed by atoms with E-state index in [0.29, 0.717) is 10.7 Å². The highest BCUT2D eigenvalue weighted by molar-refractivity contribution is 6.32. The van der Waals surface area contributed by atoms with Crippen LogP contribution in [0.5, 0.6) is 0 Å². The topological polar surface area (TPSA) is 64.4 Å². The summed E-state index contributed by atoms with van der Waals surface area (Å²) in [5.74, 6) is -1.03. The minimum absolute atomic E-state index is 0.254. The summed E-state index contributed by atoms with van der Waals surface area (Å²) in [6.45, 7) is 1.96. The van der Waals surface area contributed by atoms with E-state index in [4.69, 9.17) is 11.6 Å². The number of hydrogen-bond donors (Lipinski definition) is 0. The largest absolute Gasteiger partial charge is 0.469 e. The Kier molecular flexibility index (Phi) is 5.39. The highest BCUT2D eigenvalue weighted by Gasteiger charge is 2.21. The van der Waals surface area contributed by atoms with Gasteiger partial charge in [0.05, 0.1) is 23.7 Å². The second-order valence-electron chi connectivity index (χ2n) is 5.21. The summed E-state index contributed by atoms with van der Waals surface area (Å²) in [6.07, 6.45) is 1.67. The van der Waals surface area contributed by atoms with E-state index >= 15 is 0 Å². The summed E-state index contributed by atoms with van der Waals surface area (Å²) >= 11 is 6.12. The third-order valence-corrected chi connectivity index (χ3v) is 3.73. The zero-order chi connectivity index (χ0) is 17.0. The summed E-state index contributed by atoms with van der Waals surface area (Å²) in [5, 5.41) is 4.80. The van der Waals surface area contributed by atoms with Crippen molar-refractivity contribution in [2.45, 2.75) is 6.92 Å². The number of aromatic nitrogens is 2. The molecule has 1 amide bonds. The van der Waals surface area contributed by atoms with Crippen LogP contribution in [0.25, 0.3) is 5.69 Å². The van der Waals surface area contributed by atoms with E-state index in [9.17, 15) is 9.59 Å². The van der Waals surface area contributed by atoms with Crippen LogP contribution in [-0.4, -0.2) is 47.3 Å². The molecule has 23 heavy (non-hydrogen) atoms. The molecule has 0 saturated heterocycles. The molecular weight excluding hydrogens is 318 g/mol. The number of rotatable bonds is 5. The Labute approximate surface area is 139 Å². The fraction of sp³-hybridized carbons (Fsp3) is 0.312. The number of halogens is 1. The standard InChI is InChI=1S/C16H18ClN3O3/c1-11(16(22)23-3)10-19(2)15(21)13-8-9-20(18-13)14-7-5-4-6-12(14)17/h4-9,11H,10H2,1-3H3/t11-/m1/s1. The lowest BCUT2D eigenvalue weighted by atomic mass is 10.1. The summed E-state index contributed by atoms with van der Waals surface area (Å²) < 4.78 is 6.21. The van der Waals surface area contributed by atoms with Crippen LogP contribution >= 0.6 is 11.6 Å². The van der Waals surface area contributed by atoms with Crippen molar-refractivity contribution in [3.8, 4) is 5.69 Å². The van der Waals surface area contributed by atoms with Gasteiger partial charge in [-0.05, 0) is 18.2 Å². The molecule has 0 N–H and O–H groups in total. The van der Waals surface area contributed by atoms with Crippen molar-refractivity contribution >= 4 is 23.5 Å². The maximum Gasteiger partial charge on any atom is 0.310 e. The second-order valence-corrected chi connectivity index (χ2v) is 5.61. The van der Waals surface area contributed by atoms with Gasteiger partial charge in [-0.3, -0.25) is 9.59 Å². The molecule has 0 fully saturated rings. The number of carbonyl (C=O) groups is 2. The number of hydrogen-bond acceptors (Lipinski definition) is 4. The molecule has 0 aliphatic rings. The first-order valence-corrected chi connectivity index (χ1v) is 7.45. The Balaban J connectivity index is 2.12. The van der Waals surface area contributed by atoms with Gasteiger partial charge in [0.1, 0.15) is 0 Å². The van der Waals surface area contributed by atoms with Crippen molar-refractivity contribution in [2.75, 3.05) is 20.7 Å². The molecule has 0 spiro atoms. The van der Waals surface area contributed by atoms with E-state index in [1.807, 2.05) is 18.2 Å². The number of benzene rings is 1. The monoisotopic (exact) mass is 335 g/mol. The average Bonchev–Trinajstić information content (AvgIpc) is 3.03. The van der Waals surface area contributed by atoms with E-state index in [-0.39, 0.29) is 24.1 Å². The first-order valence-electron chi connectivity index (χ1n) is 7.08. The fourth-order valence-electron chi connectivity index (χ4n) is 2.17. The van der Waals surface area contributed by atoms with Gasteiger partial charge in [0.15, 0.2) is 5.69 Å². The van der Waals surface area contributed by atoms with Gasteiger partial charge in [-0.1, -0.05) is 30.7 Å². The Morgan fingerprint density at radius 1 is 1.35 bits per heavy atom. The zero-order valence-corrected chi connectivity index (χ0v) is 13.9. The molecule has 1 atom stereocenters. The van der Waals surface area contributed by atoms with Crippen molar-refractivity contribution in [3.63, 3.8) is 0 Å². The van der Waals surface area contributed by atoms with Crippen molar-refractivity contribution in [3.05, 3.63) is 47.2 Å². The number of carbonyl (C=O) groups excluding carboxylic acids is 2. The third-order valence-electron chi connectivity index (χ3n) is 3.41. The van der Waals surface area contributed by atoms with Gasteiger partial charge >= 0.3 is 5.97 Å². The number of ether oxygens (including phenoxy) is 1. The molecule has 1 heterocycles. The van der Waals surface area contributed by atoms with E-state index in [1.165, 1.54) is 12.0 Å². The van der Waals surface area contributed by atoms with Gasteiger partial charge in [0.25, 0.3) is 5.91 Å². The molecule has 0 radical (unpaired) electrons. The van der Waals surface area contributed by atoms with Gasteiger partial charge in [-0.25, -0.2) is 4.68 Å². The Morgan fingerprint density at radius 3 is 2.70 bits per heavy atom. The Hall–Kier alpha value is -2.34. The molecule has 0 saturated carbocycles. The smallest absolute Gasteiger partial charge is 0.310 e. The summed E-state index contributed by atoms with van der Waals surface area (Å²) in [7, 11) is 2.95. The Morgan fingerprint density at radius 2 is 2.04 bits per heavy atom. The van der Waals surface area contributed by atoms with Gasteiger partial charge in [0.2, 0.25) is 0 Å². The van der Waals surface area contributed by atoms with E-state index < -0.39 is 5.92 Å². The molecule has 0 aliphatic carbocycles. The average molecular weight is 336 g/mol. The van der Waals surface area contributed by atoms with Crippen LogP contribution in [0.4, 0.5) is 0 Å². The van der Waals surface area contributed by atoms with E-state index in [0.717, 1.165) is 0 Å². The molecular formula is C16H18ClN3O3. The molecule has 122 valence electrons. The second kappa shape index (κ2) is 7.28. The van der Waals surface area contributed by atoms with Crippen LogP contribution < -0.4 is 0 Å². The minimum atomic E-state index is -0.403. The molecule has 2 aromatic rings. The SMILES string of the molecule is COC(=O)[C@H](C)CN(C)C(=O)c1ccn(-c2ccccc2Cl)n1. The van der Waals surface area contributed by atoms with Crippen LogP contribution in [0, 0.1) is 5.92 Å². The summed E-state index contributed by atoms with van der Waals surface area (Å²) in [5.41, 5.74) is 0.975. The molecule has 0 aliphatic heterocycles. The van der Waals surface area contributed by atoms with E-state index in [2.05, 4.69) is 9.84 Å². The molecule has 1 aromatic carbocycles. The lowest BCUT2D eigenvalue weighted by molar-refractivity contribution is -0.145. The highest BCUT2D eigenvalue weighted by atomic mass is 35.5. The molecule has 1 aromatic heterocycles. The quantitative estimate of drug-likeness (QED) is 0.787. The van der Waals surface area contributed by atoms with Crippen molar-refractivity contribution < 1.29 is 14.3 Å². The van der Waals surface area contributed by atoms with Crippen molar-refractivity contribution in [1.29, 1.82) is 0 Å². The molecule has 0 unspecified atom stereocenters. The zero-order valence-electron chi connectivity index (χ0n) is 13.2. The van der Waals surface area contributed by atoms with Gasteiger partial charge < -0.3 is 9.64 Å². The van der Waals surface area contributed by atoms with Gasteiger partial charge in [-0.15, -0.1) is 0 Å². The van der Waals surface area contributed by atoms with Gasteiger partial charge in [-0.2, -0.15) is 5.10 Å². The normalized spacial score (nSPS) is 11.8. The lowest BCUT2D eigenvalue weighted by Crippen LogP contribution is -2.34. The van der Waals surface area contributed by atoms with Crippen molar-refractivity contribution in [2.24, 2.45) is 5.92 Å². The molecule has 7 heteroatoms. The van der Waals surface area contributed by atoms with Crippen molar-refractivity contribution in [1.82, 2.24) is 14.7 Å². The summed E-state index contributed by atoms with van der Waals surface area (Å²) in [4.78, 5) is 25.3.